The molecule has 1 aromatic rings. The van der Waals surface area contributed by atoms with Crippen LogP contribution in [0.2, 0.25) is 16.6 Å². The lowest BCUT2D eigenvalue weighted by Gasteiger charge is -2.43. The van der Waals surface area contributed by atoms with Crippen LogP contribution in [0.15, 0.2) is 23.1 Å². The number of carbonyl (C=O) groups is 1. The second-order valence-corrected chi connectivity index (χ2v) is 17.2. The molecule has 0 aliphatic carbocycles. The van der Waals surface area contributed by atoms with Gasteiger partial charge in [0.15, 0.2) is 0 Å². The predicted molar refractivity (Wildman–Crippen MR) is 115 cm³/mol. The standard InChI is InChI=1S/C21H34FNO2SSi/c1-14(2)27(15(3)4,16(5)6)26-20-8-7-18(22)13-19(20)17-9-11-23(12-10-17)21(24)25/h7-8,13-17H,9-12H2,1-6H3,(H,24,25). The van der Waals surface area contributed by atoms with Crippen molar-refractivity contribution < 1.29 is 14.3 Å². The quantitative estimate of drug-likeness (QED) is 0.515. The summed E-state index contributed by atoms with van der Waals surface area (Å²) in [6, 6.07) is 5.25. The van der Waals surface area contributed by atoms with Crippen LogP contribution in [0, 0.1) is 5.82 Å². The Morgan fingerprint density at radius 2 is 1.63 bits per heavy atom. The van der Waals surface area contributed by atoms with Crippen molar-refractivity contribution in [2.45, 2.75) is 81.8 Å². The molecule has 1 aliphatic rings. The fraction of sp³-hybridized carbons (Fsp3) is 0.667. The van der Waals surface area contributed by atoms with E-state index >= 15 is 0 Å². The Labute approximate surface area is 168 Å². The third kappa shape index (κ3) is 4.70. The van der Waals surface area contributed by atoms with Gasteiger partial charge in [-0.05, 0) is 59.1 Å². The Hall–Kier alpha value is -1.01. The van der Waals surface area contributed by atoms with Gasteiger partial charge in [0.05, 0.1) is 0 Å². The molecule has 6 heteroatoms. The number of carboxylic acid groups (broad SMARTS) is 1. The Morgan fingerprint density at radius 3 is 2.07 bits per heavy atom. The molecule has 1 aliphatic heterocycles. The molecule has 0 bridgehead atoms. The predicted octanol–water partition coefficient (Wildman–Crippen LogP) is 6.95. The van der Waals surface area contributed by atoms with E-state index in [0.717, 1.165) is 18.4 Å². The molecule has 1 saturated heterocycles. The molecular formula is C21H34FNO2SSi. The van der Waals surface area contributed by atoms with Gasteiger partial charge in [-0.3, -0.25) is 0 Å². The summed E-state index contributed by atoms with van der Waals surface area (Å²) >= 11 is 2.04. The first-order valence-electron chi connectivity index (χ1n) is 10.1. The van der Waals surface area contributed by atoms with E-state index in [-0.39, 0.29) is 11.7 Å². The highest BCUT2D eigenvalue weighted by molar-refractivity contribution is 8.29. The van der Waals surface area contributed by atoms with Gasteiger partial charge in [0.25, 0.3) is 0 Å². The fourth-order valence-electron chi connectivity index (χ4n) is 4.86. The minimum atomic E-state index is -1.72. The van der Waals surface area contributed by atoms with Crippen molar-refractivity contribution >= 4 is 24.5 Å². The Balaban J connectivity index is 2.37. The lowest BCUT2D eigenvalue weighted by atomic mass is 9.89. The zero-order valence-electron chi connectivity index (χ0n) is 17.5. The van der Waals surface area contributed by atoms with E-state index in [4.69, 9.17) is 0 Å². The highest BCUT2D eigenvalue weighted by Crippen LogP contribution is 2.53. The first kappa shape index (κ1) is 22.3. The second kappa shape index (κ2) is 8.99. The summed E-state index contributed by atoms with van der Waals surface area (Å²) in [5, 5.41) is 9.20. The van der Waals surface area contributed by atoms with Crippen LogP contribution < -0.4 is 0 Å². The van der Waals surface area contributed by atoms with E-state index < -0.39 is 13.3 Å². The zero-order chi connectivity index (χ0) is 20.4. The largest absolute Gasteiger partial charge is 0.465 e. The molecule has 1 aromatic carbocycles. The number of likely N-dealkylation sites (tertiary alicyclic amines) is 1. The highest BCUT2D eigenvalue weighted by atomic mass is 32.4. The van der Waals surface area contributed by atoms with Gasteiger partial charge in [-0.15, -0.1) is 11.2 Å². The van der Waals surface area contributed by atoms with Gasteiger partial charge in [-0.1, -0.05) is 41.5 Å². The van der Waals surface area contributed by atoms with Crippen LogP contribution in [-0.4, -0.2) is 36.4 Å². The van der Waals surface area contributed by atoms with E-state index in [1.54, 1.807) is 12.1 Å². The summed E-state index contributed by atoms with van der Waals surface area (Å²) in [5.41, 5.74) is 2.95. The van der Waals surface area contributed by atoms with Crippen LogP contribution in [0.5, 0.6) is 0 Å². The normalized spacial score (nSPS) is 16.6. The van der Waals surface area contributed by atoms with Crippen molar-refractivity contribution in [1.82, 2.24) is 4.90 Å². The third-order valence-electron chi connectivity index (χ3n) is 6.17. The Bertz CT molecular complexity index is 636. The molecule has 0 saturated carbocycles. The summed E-state index contributed by atoms with van der Waals surface area (Å²) in [7, 11) is -1.72. The van der Waals surface area contributed by atoms with Gasteiger partial charge in [0.2, 0.25) is 0 Å². The third-order valence-corrected chi connectivity index (χ3v) is 18.5. The number of hydrogen-bond acceptors (Lipinski definition) is 2. The van der Waals surface area contributed by atoms with Crippen LogP contribution in [0.25, 0.3) is 0 Å². The maximum atomic E-state index is 14.1. The average Bonchev–Trinajstić information content (AvgIpc) is 2.59. The van der Waals surface area contributed by atoms with E-state index in [0.29, 0.717) is 29.7 Å². The summed E-state index contributed by atoms with van der Waals surface area (Å²) in [6.07, 6.45) is 0.680. The average molecular weight is 412 g/mol. The minimum Gasteiger partial charge on any atom is -0.465 e. The number of amides is 1. The van der Waals surface area contributed by atoms with Gasteiger partial charge in [-0.2, -0.15) is 0 Å². The lowest BCUT2D eigenvalue weighted by Crippen LogP contribution is -2.41. The molecule has 152 valence electrons. The van der Waals surface area contributed by atoms with E-state index in [2.05, 4.69) is 41.5 Å². The van der Waals surface area contributed by atoms with Crippen LogP contribution >= 0.6 is 11.2 Å². The molecule has 0 radical (unpaired) electrons. The van der Waals surface area contributed by atoms with E-state index in [9.17, 15) is 14.3 Å². The number of nitrogens with zero attached hydrogens (tertiary/aromatic N) is 1. The first-order chi connectivity index (χ1) is 12.6. The van der Waals surface area contributed by atoms with Crippen LogP contribution in [0.3, 0.4) is 0 Å². The Morgan fingerprint density at radius 1 is 1.11 bits per heavy atom. The molecule has 0 unspecified atom stereocenters. The van der Waals surface area contributed by atoms with Crippen LogP contribution in [-0.2, 0) is 0 Å². The molecular weight excluding hydrogens is 377 g/mol. The minimum absolute atomic E-state index is 0.194. The molecule has 0 aromatic heterocycles. The topological polar surface area (TPSA) is 40.5 Å². The second-order valence-electron chi connectivity index (χ2n) is 8.65. The van der Waals surface area contributed by atoms with Crippen molar-refractivity contribution in [2.24, 2.45) is 0 Å². The number of benzene rings is 1. The maximum absolute atomic E-state index is 14.1. The first-order valence-corrected chi connectivity index (χ1v) is 13.8. The lowest BCUT2D eigenvalue weighted by molar-refractivity contribution is 0.132. The van der Waals surface area contributed by atoms with E-state index in [1.165, 1.54) is 9.80 Å². The van der Waals surface area contributed by atoms with Crippen molar-refractivity contribution in [1.29, 1.82) is 0 Å². The summed E-state index contributed by atoms with van der Waals surface area (Å²) in [6.45, 7) is 15.1. The number of halogens is 1. The van der Waals surface area contributed by atoms with Gasteiger partial charge < -0.3 is 10.0 Å². The van der Waals surface area contributed by atoms with Gasteiger partial charge in [-0.25, -0.2) is 9.18 Å². The van der Waals surface area contributed by atoms with Crippen molar-refractivity contribution in [3.05, 3.63) is 29.6 Å². The number of piperidine rings is 1. The fourth-order valence-corrected chi connectivity index (χ4v) is 14.2. The van der Waals surface area contributed by atoms with E-state index in [1.807, 2.05) is 17.3 Å². The van der Waals surface area contributed by atoms with Gasteiger partial charge in [0, 0.05) is 18.0 Å². The molecule has 1 N–H and O–H groups in total. The maximum Gasteiger partial charge on any atom is 0.407 e. The molecule has 1 heterocycles. The molecule has 3 nitrogen and oxygen atoms in total. The molecule has 27 heavy (non-hydrogen) atoms. The monoisotopic (exact) mass is 411 g/mol. The highest BCUT2D eigenvalue weighted by Gasteiger charge is 2.44. The van der Waals surface area contributed by atoms with Crippen LogP contribution in [0.4, 0.5) is 9.18 Å². The molecule has 0 atom stereocenters. The van der Waals surface area contributed by atoms with Crippen molar-refractivity contribution in [3.63, 3.8) is 0 Å². The summed E-state index contributed by atoms with van der Waals surface area (Å²) in [4.78, 5) is 13.9. The van der Waals surface area contributed by atoms with Gasteiger partial charge >= 0.3 is 6.09 Å². The molecule has 1 fully saturated rings. The summed E-state index contributed by atoms with van der Waals surface area (Å²) < 4.78 is 14.1. The molecule has 2 rings (SSSR count). The number of rotatable bonds is 6. The summed E-state index contributed by atoms with van der Waals surface area (Å²) in [5.74, 6) is 0.0397. The molecule has 0 spiro atoms. The van der Waals surface area contributed by atoms with Crippen LogP contribution in [0.1, 0.15) is 65.9 Å². The van der Waals surface area contributed by atoms with Crippen molar-refractivity contribution in [2.75, 3.05) is 13.1 Å². The molecule has 1 amide bonds. The smallest absolute Gasteiger partial charge is 0.407 e. The van der Waals surface area contributed by atoms with Gasteiger partial charge in [0.1, 0.15) is 13.0 Å². The zero-order valence-corrected chi connectivity index (χ0v) is 19.3. The Kier molecular flexibility index (Phi) is 7.42. The number of hydrogen-bond donors (Lipinski definition) is 1. The SMILES string of the molecule is CC(C)[Si](Sc1ccc(F)cc1C1CCN(C(=O)O)CC1)(C(C)C)C(C)C. The van der Waals surface area contributed by atoms with Crippen molar-refractivity contribution in [3.8, 4) is 0 Å².